The number of nitrogens with one attached hydrogen (secondary N) is 3. The minimum Gasteiger partial charge on any atom is -0.365 e. The summed E-state index contributed by atoms with van der Waals surface area (Å²) in [5.41, 5.74) is 3.56. The van der Waals surface area contributed by atoms with Crippen molar-refractivity contribution < 1.29 is 8.42 Å². The molecule has 0 spiro atoms. The van der Waals surface area contributed by atoms with Crippen LogP contribution in [0.1, 0.15) is 56.5 Å². The number of H-pyrrole nitrogens is 1. The molecule has 0 bridgehead atoms. The maximum Gasteiger partial charge on any atom is 0.225 e. The molecule has 3 aromatic rings. The van der Waals surface area contributed by atoms with Gasteiger partial charge in [-0.3, -0.25) is 4.68 Å². The molecule has 10 nitrogen and oxygen atoms in total. The van der Waals surface area contributed by atoms with Gasteiger partial charge in [0.1, 0.15) is 15.4 Å². The Balaban J connectivity index is 1.56. The van der Waals surface area contributed by atoms with Crippen molar-refractivity contribution in [2.75, 3.05) is 16.9 Å². The lowest BCUT2D eigenvalue weighted by Gasteiger charge is -2.28. The van der Waals surface area contributed by atoms with Gasteiger partial charge in [-0.25, -0.2) is 13.4 Å². The molecule has 0 saturated heterocycles. The van der Waals surface area contributed by atoms with Gasteiger partial charge in [0.2, 0.25) is 5.95 Å². The smallest absolute Gasteiger partial charge is 0.225 e. The van der Waals surface area contributed by atoms with E-state index in [1.54, 1.807) is 4.68 Å². The molecule has 1 atom stereocenters. The van der Waals surface area contributed by atoms with Crippen molar-refractivity contribution in [1.82, 2.24) is 29.9 Å². The Labute approximate surface area is 182 Å². The van der Waals surface area contributed by atoms with Crippen LogP contribution in [0.15, 0.2) is 12.3 Å². The lowest BCUT2D eigenvalue weighted by atomic mass is 9.95. The van der Waals surface area contributed by atoms with Crippen LogP contribution in [-0.2, 0) is 16.9 Å². The number of rotatable bonds is 7. The molecule has 3 heterocycles. The van der Waals surface area contributed by atoms with Crippen LogP contribution in [0.25, 0.3) is 11.0 Å². The van der Waals surface area contributed by atoms with E-state index in [2.05, 4.69) is 37.8 Å². The zero-order valence-electron chi connectivity index (χ0n) is 18.4. The van der Waals surface area contributed by atoms with Crippen molar-refractivity contribution in [1.29, 1.82) is 0 Å². The fourth-order valence-electron chi connectivity index (χ4n) is 4.41. The molecule has 1 aliphatic rings. The van der Waals surface area contributed by atoms with Crippen molar-refractivity contribution >= 4 is 32.6 Å². The van der Waals surface area contributed by atoms with Crippen LogP contribution >= 0.6 is 0 Å². The first-order valence-corrected chi connectivity index (χ1v) is 12.6. The average Bonchev–Trinajstić information content (AvgIpc) is 3.32. The van der Waals surface area contributed by atoms with E-state index in [1.165, 1.54) is 6.26 Å². The van der Waals surface area contributed by atoms with Crippen molar-refractivity contribution in [3.05, 3.63) is 23.7 Å². The third kappa shape index (κ3) is 4.51. The second-order valence-corrected chi connectivity index (χ2v) is 10.7. The Morgan fingerprint density at radius 3 is 2.61 bits per heavy atom. The van der Waals surface area contributed by atoms with Gasteiger partial charge >= 0.3 is 0 Å². The fourth-order valence-corrected chi connectivity index (χ4v) is 5.54. The highest BCUT2D eigenvalue weighted by molar-refractivity contribution is 7.91. The summed E-state index contributed by atoms with van der Waals surface area (Å²) >= 11 is 0. The number of anilines is 2. The summed E-state index contributed by atoms with van der Waals surface area (Å²) in [5.74, 6) is 1.27. The molecule has 0 radical (unpaired) electrons. The molecular formula is C20H30N8O2S. The van der Waals surface area contributed by atoms with Gasteiger partial charge in [-0.2, -0.15) is 4.98 Å². The van der Waals surface area contributed by atoms with Gasteiger partial charge in [0.25, 0.3) is 0 Å². The Kier molecular flexibility index (Phi) is 5.87. The quantitative estimate of drug-likeness (QED) is 0.505. The van der Waals surface area contributed by atoms with E-state index in [0.29, 0.717) is 18.8 Å². The number of aromatic amines is 1. The van der Waals surface area contributed by atoms with Gasteiger partial charge in [0.15, 0.2) is 5.82 Å². The summed E-state index contributed by atoms with van der Waals surface area (Å²) in [5, 5.41) is 15.0. The van der Waals surface area contributed by atoms with Crippen LogP contribution in [0.4, 0.5) is 11.8 Å². The van der Waals surface area contributed by atoms with Gasteiger partial charge in [-0.1, -0.05) is 12.1 Å². The first-order valence-electron chi connectivity index (χ1n) is 10.7. The van der Waals surface area contributed by atoms with E-state index in [9.17, 15) is 8.42 Å². The first-order chi connectivity index (χ1) is 14.8. The minimum atomic E-state index is -2.98. The number of hydrogen-bond donors (Lipinski definition) is 3. The van der Waals surface area contributed by atoms with Gasteiger partial charge in [-0.15, -0.1) is 5.10 Å². The van der Waals surface area contributed by atoms with Crippen LogP contribution in [0, 0.1) is 6.92 Å². The molecule has 11 heteroatoms. The molecule has 0 amide bonds. The van der Waals surface area contributed by atoms with Crippen molar-refractivity contribution in [2.24, 2.45) is 7.05 Å². The summed E-state index contributed by atoms with van der Waals surface area (Å²) in [6.45, 7) is 4.04. The summed E-state index contributed by atoms with van der Waals surface area (Å²) in [6.07, 6.45) is 6.95. The number of aryl methyl sites for hydroxylation is 2. The molecule has 0 aromatic carbocycles. The van der Waals surface area contributed by atoms with E-state index < -0.39 is 9.84 Å². The third-order valence-corrected chi connectivity index (χ3v) is 7.80. The molecule has 3 N–H and O–H groups in total. The van der Waals surface area contributed by atoms with Crippen molar-refractivity contribution in [3.63, 3.8) is 0 Å². The van der Waals surface area contributed by atoms with E-state index in [-0.39, 0.29) is 17.3 Å². The minimum absolute atomic E-state index is 0.0190. The highest BCUT2D eigenvalue weighted by Gasteiger charge is 2.28. The number of aromatic nitrogens is 6. The summed E-state index contributed by atoms with van der Waals surface area (Å²) in [4.78, 5) is 12.6. The summed E-state index contributed by atoms with van der Waals surface area (Å²) in [7, 11) is -1.10. The predicted molar refractivity (Wildman–Crippen MR) is 121 cm³/mol. The van der Waals surface area contributed by atoms with Crippen LogP contribution in [0.5, 0.6) is 0 Å². The first kappa shape index (κ1) is 21.5. The molecule has 168 valence electrons. The Morgan fingerprint density at radius 1 is 1.26 bits per heavy atom. The molecule has 1 saturated carbocycles. The second kappa shape index (κ2) is 8.45. The zero-order valence-corrected chi connectivity index (χ0v) is 19.2. The van der Waals surface area contributed by atoms with E-state index >= 15 is 0 Å². The molecule has 1 aliphatic carbocycles. The Hall–Kier alpha value is -2.69. The topological polar surface area (TPSA) is 130 Å². The fraction of sp³-hybridized carbons (Fsp3) is 0.600. The standard InChI is InChI=1S/C20H30N8O2S/c1-5-15(18-12(2)26-27-28(18)3)23-20-24-16-10-11-21-17(16)19(25-20)22-13-6-8-14(9-7-13)31(4,29)30/h10-11,13-15,21H,5-9H2,1-4H3,(H2,22,23,24,25)/t13?,14?,15-/m0/s1. The van der Waals surface area contributed by atoms with Gasteiger partial charge in [0.05, 0.1) is 28.2 Å². The summed E-state index contributed by atoms with van der Waals surface area (Å²) in [6, 6.07) is 2.08. The third-order valence-electron chi connectivity index (χ3n) is 6.12. The average molecular weight is 447 g/mol. The van der Waals surface area contributed by atoms with Gasteiger partial charge in [-0.05, 0) is 45.1 Å². The molecular weight excluding hydrogens is 416 g/mol. The van der Waals surface area contributed by atoms with E-state index in [1.807, 2.05) is 26.2 Å². The Morgan fingerprint density at radius 2 is 2.00 bits per heavy atom. The lowest BCUT2D eigenvalue weighted by molar-refractivity contribution is 0.453. The number of fused-ring (bicyclic) bond motifs is 1. The highest BCUT2D eigenvalue weighted by Crippen LogP contribution is 2.29. The van der Waals surface area contributed by atoms with Crippen molar-refractivity contribution in [3.8, 4) is 0 Å². The number of hydrogen-bond acceptors (Lipinski definition) is 8. The largest absolute Gasteiger partial charge is 0.365 e. The van der Waals surface area contributed by atoms with Crippen LogP contribution in [0.3, 0.4) is 0 Å². The summed E-state index contributed by atoms with van der Waals surface area (Å²) < 4.78 is 25.5. The lowest BCUT2D eigenvalue weighted by Crippen LogP contribution is -2.32. The van der Waals surface area contributed by atoms with Crippen LogP contribution in [-0.4, -0.2) is 55.9 Å². The number of sulfone groups is 1. The van der Waals surface area contributed by atoms with Gasteiger partial charge in [0, 0.05) is 25.5 Å². The zero-order chi connectivity index (χ0) is 22.2. The normalized spacial score (nSPS) is 20.6. The van der Waals surface area contributed by atoms with Crippen molar-refractivity contribution in [2.45, 2.75) is 63.3 Å². The van der Waals surface area contributed by atoms with Gasteiger partial charge < -0.3 is 15.6 Å². The molecule has 4 rings (SSSR count). The maximum atomic E-state index is 11.8. The second-order valence-electron chi connectivity index (χ2n) is 8.37. The van der Waals surface area contributed by atoms with Crippen LogP contribution in [0.2, 0.25) is 0 Å². The maximum absolute atomic E-state index is 11.8. The molecule has 0 aliphatic heterocycles. The Bertz CT molecular complexity index is 1140. The molecule has 31 heavy (non-hydrogen) atoms. The molecule has 0 unspecified atom stereocenters. The van der Waals surface area contributed by atoms with Crippen LogP contribution < -0.4 is 10.6 Å². The number of nitrogens with zero attached hydrogens (tertiary/aromatic N) is 5. The molecule has 1 fully saturated rings. The monoisotopic (exact) mass is 446 g/mol. The highest BCUT2D eigenvalue weighted by atomic mass is 32.2. The van der Waals surface area contributed by atoms with E-state index in [0.717, 1.165) is 47.5 Å². The SMILES string of the molecule is CC[C@H](Nc1nc(NC2CCC(S(C)(=O)=O)CC2)c2[nH]ccc2n1)c1c(C)nnn1C. The van der Waals surface area contributed by atoms with E-state index in [4.69, 9.17) is 4.98 Å². The predicted octanol–water partition coefficient (Wildman–Crippen LogP) is 2.73. The molecule has 3 aromatic heterocycles.